The minimum atomic E-state index is -0.0377. The first kappa shape index (κ1) is 24.5. The van der Waals surface area contributed by atoms with Crippen molar-refractivity contribution in [2.75, 3.05) is 20.7 Å². The molecule has 1 unspecified atom stereocenters. The average molecular weight is 535 g/mol. The third-order valence-corrected chi connectivity index (χ3v) is 4.49. The number of ether oxygens (including phenoxy) is 2. The van der Waals surface area contributed by atoms with Crippen molar-refractivity contribution in [3.8, 4) is 11.5 Å². The highest BCUT2D eigenvalue weighted by atomic mass is 127. The first-order valence-electron chi connectivity index (χ1n) is 9.96. The lowest BCUT2D eigenvalue weighted by Gasteiger charge is -2.18. The Labute approximate surface area is 200 Å². The van der Waals surface area contributed by atoms with E-state index in [4.69, 9.17) is 9.47 Å². The van der Waals surface area contributed by atoms with Gasteiger partial charge in [0, 0.05) is 31.4 Å². The topological polar surface area (TPSA) is 72.7 Å². The monoisotopic (exact) mass is 535 g/mol. The molecule has 0 spiro atoms. The van der Waals surface area contributed by atoms with Crippen LogP contribution in [-0.2, 0) is 13.1 Å². The maximum Gasteiger partial charge on any atom is 0.191 e. The molecule has 1 atom stereocenters. The lowest BCUT2D eigenvalue weighted by Crippen LogP contribution is -2.41. The fraction of sp³-hybridized carbons (Fsp3) is 0.304. The number of hydrogen-bond donors (Lipinski definition) is 2. The molecule has 0 saturated heterocycles. The molecule has 3 aromatic rings. The average Bonchev–Trinajstić information content (AvgIpc) is 3.22. The lowest BCUT2D eigenvalue weighted by molar-refractivity contribution is 0.223. The molecule has 0 bridgehead atoms. The van der Waals surface area contributed by atoms with Crippen LogP contribution in [0.1, 0.15) is 18.1 Å². The molecule has 0 aliphatic heterocycles. The van der Waals surface area contributed by atoms with Crippen LogP contribution in [0.5, 0.6) is 11.5 Å². The number of halogens is 1. The van der Waals surface area contributed by atoms with E-state index < -0.39 is 0 Å². The van der Waals surface area contributed by atoms with E-state index in [0.29, 0.717) is 19.0 Å². The van der Waals surface area contributed by atoms with Gasteiger partial charge in [0.05, 0.1) is 26.4 Å². The fourth-order valence-corrected chi connectivity index (χ4v) is 2.95. The third kappa shape index (κ3) is 8.12. The van der Waals surface area contributed by atoms with Crippen LogP contribution < -0.4 is 20.1 Å². The Kier molecular flexibility index (Phi) is 10.2. The van der Waals surface area contributed by atoms with Crippen LogP contribution in [0.3, 0.4) is 0 Å². The van der Waals surface area contributed by atoms with Crippen molar-refractivity contribution in [1.29, 1.82) is 0 Å². The summed E-state index contributed by atoms with van der Waals surface area (Å²) in [5.74, 6) is 2.27. The van der Waals surface area contributed by atoms with Gasteiger partial charge >= 0.3 is 0 Å². The fourth-order valence-electron chi connectivity index (χ4n) is 2.95. The molecule has 0 aliphatic carbocycles. The van der Waals surface area contributed by atoms with Gasteiger partial charge in [-0.25, -0.2) is 0 Å². The second kappa shape index (κ2) is 12.8. The zero-order valence-electron chi connectivity index (χ0n) is 18.1. The van der Waals surface area contributed by atoms with Crippen LogP contribution in [0.2, 0.25) is 0 Å². The summed E-state index contributed by atoms with van der Waals surface area (Å²) < 4.78 is 13.1. The molecule has 3 rings (SSSR count). The van der Waals surface area contributed by atoms with Crippen molar-refractivity contribution < 1.29 is 9.47 Å². The molecule has 0 aliphatic rings. The van der Waals surface area contributed by atoms with Gasteiger partial charge in [-0.2, -0.15) is 5.10 Å². The van der Waals surface area contributed by atoms with Gasteiger partial charge in [-0.3, -0.25) is 9.67 Å². The van der Waals surface area contributed by atoms with Gasteiger partial charge < -0.3 is 20.1 Å². The summed E-state index contributed by atoms with van der Waals surface area (Å²) in [6, 6.07) is 17.9. The van der Waals surface area contributed by atoms with Crippen molar-refractivity contribution in [2.45, 2.75) is 26.1 Å². The molecule has 2 N–H and O–H groups in total. The van der Waals surface area contributed by atoms with Crippen LogP contribution in [0, 0.1) is 0 Å². The maximum atomic E-state index is 5.94. The summed E-state index contributed by atoms with van der Waals surface area (Å²) in [7, 11) is 3.40. The second-order valence-corrected chi connectivity index (χ2v) is 6.95. The standard InChI is InChI=1S/C23H29N5O2.HI/c1-18(30-22-11-7-10-21(12-22)29-3)13-25-23(24-2)26-14-20-15-27-28(17-20)16-19-8-5-4-6-9-19;/h4-12,15,17-18H,13-14,16H2,1-3H3,(H2,24,25,26);1H. The number of hydrogen-bond acceptors (Lipinski definition) is 4. The Morgan fingerprint density at radius 1 is 1.06 bits per heavy atom. The molecule has 0 radical (unpaired) electrons. The number of aliphatic imine (C=N–C) groups is 1. The summed E-state index contributed by atoms with van der Waals surface area (Å²) in [4.78, 5) is 4.28. The summed E-state index contributed by atoms with van der Waals surface area (Å²) in [6.07, 6.45) is 3.88. The molecule has 1 aromatic heterocycles. The zero-order valence-corrected chi connectivity index (χ0v) is 20.4. The molecule has 2 aromatic carbocycles. The Bertz CT molecular complexity index is 946. The van der Waals surface area contributed by atoms with E-state index in [-0.39, 0.29) is 30.1 Å². The van der Waals surface area contributed by atoms with Gasteiger partial charge in [0.15, 0.2) is 5.96 Å². The number of benzene rings is 2. The highest BCUT2D eigenvalue weighted by Crippen LogP contribution is 2.19. The number of methoxy groups -OCH3 is 1. The molecular formula is C23H30IN5O2. The van der Waals surface area contributed by atoms with E-state index in [9.17, 15) is 0 Å². The lowest BCUT2D eigenvalue weighted by atomic mass is 10.2. The molecular weight excluding hydrogens is 505 g/mol. The highest BCUT2D eigenvalue weighted by molar-refractivity contribution is 14.0. The first-order chi connectivity index (χ1) is 14.7. The molecule has 31 heavy (non-hydrogen) atoms. The minimum Gasteiger partial charge on any atom is -0.497 e. The second-order valence-electron chi connectivity index (χ2n) is 6.95. The Morgan fingerprint density at radius 3 is 2.58 bits per heavy atom. The van der Waals surface area contributed by atoms with Gasteiger partial charge in [-0.1, -0.05) is 36.4 Å². The smallest absolute Gasteiger partial charge is 0.191 e. The van der Waals surface area contributed by atoms with E-state index in [1.165, 1.54) is 5.56 Å². The van der Waals surface area contributed by atoms with E-state index in [1.807, 2.05) is 66.5 Å². The Balaban J connectivity index is 0.00000341. The predicted molar refractivity (Wildman–Crippen MR) is 134 cm³/mol. The van der Waals surface area contributed by atoms with Gasteiger partial charge in [0.1, 0.15) is 17.6 Å². The largest absolute Gasteiger partial charge is 0.497 e. The zero-order chi connectivity index (χ0) is 21.2. The quantitative estimate of drug-likeness (QED) is 0.249. The van der Waals surface area contributed by atoms with Crippen LogP contribution in [0.15, 0.2) is 72.0 Å². The molecule has 8 heteroatoms. The van der Waals surface area contributed by atoms with E-state index >= 15 is 0 Å². The Morgan fingerprint density at radius 2 is 1.84 bits per heavy atom. The van der Waals surface area contributed by atoms with Crippen molar-refractivity contribution in [1.82, 2.24) is 20.4 Å². The van der Waals surface area contributed by atoms with Crippen LogP contribution in [0.4, 0.5) is 0 Å². The van der Waals surface area contributed by atoms with Gasteiger partial charge in [-0.05, 0) is 24.6 Å². The summed E-state index contributed by atoms with van der Waals surface area (Å²) in [5.41, 5.74) is 2.32. The number of nitrogens with one attached hydrogen (secondary N) is 2. The number of guanidine groups is 1. The SMILES string of the molecule is CN=C(NCc1cnn(Cc2ccccc2)c1)NCC(C)Oc1cccc(OC)c1.I. The predicted octanol–water partition coefficient (Wildman–Crippen LogP) is 3.69. The van der Waals surface area contributed by atoms with E-state index in [1.54, 1.807) is 14.2 Å². The highest BCUT2D eigenvalue weighted by Gasteiger charge is 2.07. The first-order valence-corrected chi connectivity index (χ1v) is 9.96. The van der Waals surface area contributed by atoms with Crippen molar-refractivity contribution in [3.05, 3.63) is 78.1 Å². The number of rotatable bonds is 9. The van der Waals surface area contributed by atoms with E-state index in [0.717, 1.165) is 23.6 Å². The normalized spacial score (nSPS) is 11.9. The minimum absolute atomic E-state index is 0. The van der Waals surface area contributed by atoms with Gasteiger partial charge in [0.2, 0.25) is 0 Å². The van der Waals surface area contributed by atoms with Crippen LogP contribution in [-0.4, -0.2) is 42.5 Å². The van der Waals surface area contributed by atoms with Crippen molar-refractivity contribution in [3.63, 3.8) is 0 Å². The van der Waals surface area contributed by atoms with Crippen molar-refractivity contribution >= 4 is 29.9 Å². The van der Waals surface area contributed by atoms with Gasteiger partial charge in [0.25, 0.3) is 0 Å². The summed E-state index contributed by atoms with van der Waals surface area (Å²) >= 11 is 0. The molecule has 166 valence electrons. The van der Waals surface area contributed by atoms with Crippen molar-refractivity contribution in [2.24, 2.45) is 4.99 Å². The van der Waals surface area contributed by atoms with E-state index in [2.05, 4.69) is 32.9 Å². The molecule has 7 nitrogen and oxygen atoms in total. The summed E-state index contributed by atoms with van der Waals surface area (Å²) in [5, 5.41) is 11.0. The number of aromatic nitrogens is 2. The molecule has 0 amide bonds. The molecule has 1 heterocycles. The number of nitrogens with zero attached hydrogens (tertiary/aromatic N) is 3. The van der Waals surface area contributed by atoms with Crippen LogP contribution in [0.25, 0.3) is 0 Å². The molecule has 0 fully saturated rings. The third-order valence-electron chi connectivity index (χ3n) is 4.49. The maximum absolute atomic E-state index is 5.94. The molecule has 0 saturated carbocycles. The Hall–Kier alpha value is -2.75. The van der Waals surface area contributed by atoms with Crippen LogP contribution >= 0.6 is 24.0 Å². The summed E-state index contributed by atoms with van der Waals surface area (Å²) in [6.45, 7) is 4.02. The van der Waals surface area contributed by atoms with Gasteiger partial charge in [-0.15, -0.1) is 24.0 Å².